The number of carbonyl (C=O) groups is 2. The predicted molar refractivity (Wildman–Crippen MR) is 136 cm³/mol. The minimum atomic E-state index is -0.401. The van der Waals surface area contributed by atoms with E-state index in [1.54, 1.807) is 6.92 Å². The number of hydrogen-bond donors (Lipinski definition) is 1. The van der Waals surface area contributed by atoms with E-state index in [-0.39, 0.29) is 18.9 Å². The molecule has 3 aromatic rings. The molecule has 6 nitrogen and oxygen atoms in total. The highest BCUT2D eigenvalue weighted by Crippen LogP contribution is 2.45. The van der Waals surface area contributed by atoms with Gasteiger partial charge in [0.1, 0.15) is 16.1 Å². The molecule has 1 aromatic carbocycles. The SMILES string of the molecule is CCOC(=O)c1c(NC(=O)CCSc2nc(C)cc(C)c2C#N)sc2c1CCc1ccccc1-2. The first kappa shape index (κ1) is 24.0. The fraction of sp³-hybridized carbons (Fsp3) is 0.308. The molecule has 0 saturated heterocycles. The second kappa shape index (κ2) is 10.4. The number of rotatable bonds is 7. The van der Waals surface area contributed by atoms with E-state index in [1.165, 1.54) is 28.7 Å². The standard InChI is InChI=1S/C26H25N3O3S2/c1-4-32-26(31)22-19-10-9-17-7-5-6-8-18(17)23(19)34-25(22)29-21(30)11-12-33-24-20(14-27)15(2)13-16(3)28-24/h5-8,13H,4,9-12H2,1-3H3,(H,29,30). The maximum atomic E-state index is 12.8. The number of thiophene rings is 1. The number of amides is 1. The number of fused-ring (bicyclic) bond motifs is 3. The minimum Gasteiger partial charge on any atom is -0.462 e. The van der Waals surface area contributed by atoms with Gasteiger partial charge in [0.15, 0.2) is 0 Å². The maximum absolute atomic E-state index is 12.8. The summed E-state index contributed by atoms with van der Waals surface area (Å²) in [7, 11) is 0. The van der Waals surface area contributed by atoms with Gasteiger partial charge in [-0.3, -0.25) is 4.79 Å². The Morgan fingerprint density at radius 1 is 1.26 bits per heavy atom. The lowest BCUT2D eigenvalue weighted by atomic mass is 9.89. The Bertz CT molecular complexity index is 1310. The number of hydrogen-bond acceptors (Lipinski definition) is 7. The molecule has 0 spiro atoms. The molecule has 0 unspecified atom stereocenters. The highest BCUT2D eigenvalue weighted by atomic mass is 32.2. The van der Waals surface area contributed by atoms with Crippen LogP contribution in [0.2, 0.25) is 0 Å². The molecule has 4 rings (SSSR count). The highest BCUT2D eigenvalue weighted by Gasteiger charge is 2.29. The van der Waals surface area contributed by atoms with E-state index in [0.717, 1.165) is 40.1 Å². The van der Waals surface area contributed by atoms with Crippen LogP contribution in [0.25, 0.3) is 10.4 Å². The van der Waals surface area contributed by atoms with Crippen molar-refractivity contribution in [2.24, 2.45) is 0 Å². The number of nitriles is 1. The van der Waals surface area contributed by atoms with Crippen molar-refractivity contribution in [3.8, 4) is 16.5 Å². The van der Waals surface area contributed by atoms with Gasteiger partial charge in [0.2, 0.25) is 5.91 Å². The Kier molecular flexibility index (Phi) is 7.35. The first-order valence-electron chi connectivity index (χ1n) is 11.1. The fourth-order valence-electron chi connectivity index (χ4n) is 4.12. The molecule has 0 bridgehead atoms. The third kappa shape index (κ3) is 4.86. The Hall–Kier alpha value is -3.15. The summed E-state index contributed by atoms with van der Waals surface area (Å²) in [6.45, 7) is 5.82. The van der Waals surface area contributed by atoms with Crippen LogP contribution in [-0.4, -0.2) is 29.2 Å². The van der Waals surface area contributed by atoms with Crippen LogP contribution in [0.4, 0.5) is 5.00 Å². The molecule has 0 fully saturated rings. The largest absolute Gasteiger partial charge is 0.462 e. The van der Waals surface area contributed by atoms with Crippen molar-refractivity contribution in [3.63, 3.8) is 0 Å². The van der Waals surface area contributed by atoms with Crippen molar-refractivity contribution in [2.75, 3.05) is 17.7 Å². The van der Waals surface area contributed by atoms with Crippen molar-refractivity contribution in [3.05, 3.63) is 63.8 Å². The number of ether oxygens (including phenoxy) is 1. The average Bonchev–Trinajstić information content (AvgIpc) is 3.17. The summed E-state index contributed by atoms with van der Waals surface area (Å²) in [4.78, 5) is 31.1. The summed E-state index contributed by atoms with van der Waals surface area (Å²) in [5.41, 5.74) is 6.04. The fourth-order valence-corrected chi connectivity index (χ4v) is 6.47. The summed E-state index contributed by atoms with van der Waals surface area (Å²) >= 11 is 2.82. The number of thioether (sulfide) groups is 1. The molecule has 174 valence electrons. The predicted octanol–water partition coefficient (Wildman–Crippen LogP) is 5.69. The number of nitrogens with one attached hydrogen (secondary N) is 1. The average molecular weight is 492 g/mol. The molecular formula is C26H25N3O3S2. The normalized spacial score (nSPS) is 11.8. The van der Waals surface area contributed by atoms with Crippen LogP contribution in [0.3, 0.4) is 0 Å². The molecule has 0 aliphatic heterocycles. The van der Waals surface area contributed by atoms with Gasteiger partial charge in [-0.1, -0.05) is 24.3 Å². The zero-order chi connectivity index (χ0) is 24.2. The second-order valence-electron chi connectivity index (χ2n) is 8.01. The van der Waals surface area contributed by atoms with E-state index < -0.39 is 5.97 Å². The van der Waals surface area contributed by atoms with E-state index in [0.29, 0.717) is 26.9 Å². The van der Waals surface area contributed by atoms with E-state index in [9.17, 15) is 14.9 Å². The van der Waals surface area contributed by atoms with Crippen LogP contribution < -0.4 is 5.32 Å². The third-order valence-corrected chi connectivity index (χ3v) is 7.79. The van der Waals surface area contributed by atoms with Gasteiger partial charge in [0.25, 0.3) is 0 Å². The van der Waals surface area contributed by atoms with Crippen LogP contribution in [0.1, 0.15) is 51.7 Å². The summed E-state index contributed by atoms with van der Waals surface area (Å²) in [5, 5.41) is 13.6. The lowest BCUT2D eigenvalue weighted by Gasteiger charge is -2.16. The monoisotopic (exact) mass is 491 g/mol. The Morgan fingerprint density at radius 3 is 2.82 bits per heavy atom. The van der Waals surface area contributed by atoms with Crippen LogP contribution >= 0.6 is 23.1 Å². The van der Waals surface area contributed by atoms with Crippen molar-refractivity contribution in [2.45, 2.75) is 45.1 Å². The molecule has 0 atom stereocenters. The quantitative estimate of drug-likeness (QED) is 0.337. The Morgan fingerprint density at radius 2 is 2.06 bits per heavy atom. The van der Waals surface area contributed by atoms with E-state index in [1.807, 2.05) is 32.0 Å². The molecule has 1 aliphatic carbocycles. The molecule has 2 heterocycles. The van der Waals surface area contributed by atoms with Gasteiger partial charge in [-0.05, 0) is 61.9 Å². The molecule has 1 N–H and O–H groups in total. The number of esters is 1. The van der Waals surface area contributed by atoms with E-state index in [4.69, 9.17) is 4.74 Å². The van der Waals surface area contributed by atoms with Crippen molar-refractivity contribution in [1.29, 1.82) is 5.26 Å². The molecular weight excluding hydrogens is 466 g/mol. The lowest BCUT2D eigenvalue weighted by molar-refractivity contribution is -0.115. The molecule has 1 aliphatic rings. The van der Waals surface area contributed by atoms with Gasteiger partial charge in [0, 0.05) is 22.7 Å². The zero-order valence-corrected chi connectivity index (χ0v) is 21.0. The van der Waals surface area contributed by atoms with Crippen LogP contribution in [0.5, 0.6) is 0 Å². The van der Waals surface area contributed by atoms with Crippen LogP contribution in [-0.2, 0) is 22.4 Å². The van der Waals surface area contributed by atoms with Crippen molar-refractivity contribution < 1.29 is 14.3 Å². The highest BCUT2D eigenvalue weighted by molar-refractivity contribution is 7.99. The number of pyridine rings is 1. The Balaban J connectivity index is 1.53. The molecule has 2 aromatic heterocycles. The van der Waals surface area contributed by atoms with Crippen molar-refractivity contribution in [1.82, 2.24) is 4.98 Å². The van der Waals surface area contributed by atoms with Gasteiger partial charge in [-0.2, -0.15) is 5.26 Å². The topological polar surface area (TPSA) is 92.1 Å². The number of nitrogens with zero attached hydrogens (tertiary/aromatic N) is 2. The number of aromatic nitrogens is 1. The molecule has 0 radical (unpaired) electrons. The van der Waals surface area contributed by atoms with Gasteiger partial charge in [-0.25, -0.2) is 9.78 Å². The minimum absolute atomic E-state index is 0.187. The number of aryl methyl sites for hydroxylation is 3. The summed E-state index contributed by atoms with van der Waals surface area (Å²) in [6.07, 6.45) is 1.81. The molecule has 34 heavy (non-hydrogen) atoms. The number of benzene rings is 1. The van der Waals surface area contributed by atoms with Crippen molar-refractivity contribution >= 4 is 40.0 Å². The van der Waals surface area contributed by atoms with Gasteiger partial charge in [-0.15, -0.1) is 23.1 Å². The summed E-state index contributed by atoms with van der Waals surface area (Å²) < 4.78 is 5.32. The Labute approximate surface area is 207 Å². The van der Waals surface area contributed by atoms with Gasteiger partial charge < -0.3 is 10.1 Å². The third-order valence-electron chi connectivity index (χ3n) is 5.64. The number of carbonyl (C=O) groups excluding carboxylic acids is 2. The molecule has 1 amide bonds. The summed E-state index contributed by atoms with van der Waals surface area (Å²) in [6, 6.07) is 12.3. The zero-order valence-electron chi connectivity index (χ0n) is 19.4. The van der Waals surface area contributed by atoms with Gasteiger partial charge >= 0.3 is 5.97 Å². The van der Waals surface area contributed by atoms with Crippen LogP contribution in [0.15, 0.2) is 35.4 Å². The molecule has 8 heteroatoms. The van der Waals surface area contributed by atoms with Crippen LogP contribution in [0, 0.1) is 25.2 Å². The second-order valence-corrected chi connectivity index (χ2v) is 10.1. The summed E-state index contributed by atoms with van der Waals surface area (Å²) in [5.74, 6) is -0.117. The van der Waals surface area contributed by atoms with E-state index in [2.05, 4.69) is 28.5 Å². The molecule has 0 saturated carbocycles. The number of anilines is 1. The maximum Gasteiger partial charge on any atom is 0.341 e. The first-order chi connectivity index (χ1) is 16.4. The lowest BCUT2D eigenvalue weighted by Crippen LogP contribution is -2.16. The van der Waals surface area contributed by atoms with E-state index >= 15 is 0 Å². The smallest absolute Gasteiger partial charge is 0.341 e. The van der Waals surface area contributed by atoms with Gasteiger partial charge in [0.05, 0.1) is 17.7 Å². The first-order valence-corrected chi connectivity index (χ1v) is 12.9.